The summed E-state index contributed by atoms with van der Waals surface area (Å²) in [6, 6.07) is 13.1. The van der Waals surface area contributed by atoms with Gasteiger partial charge in [0.2, 0.25) is 11.8 Å². The largest absolute Gasteiger partial charge is 0.360 e. The second-order valence-corrected chi connectivity index (χ2v) is 7.31. The summed E-state index contributed by atoms with van der Waals surface area (Å²) in [5.74, 6) is -1.17. The van der Waals surface area contributed by atoms with E-state index in [-0.39, 0.29) is 17.9 Å². The molecule has 1 aromatic heterocycles. The average molecular weight is 361 g/mol. The highest BCUT2D eigenvalue weighted by Crippen LogP contribution is 2.52. The summed E-state index contributed by atoms with van der Waals surface area (Å²) in [6.45, 7) is 0.968. The van der Waals surface area contributed by atoms with Crippen molar-refractivity contribution in [2.45, 2.75) is 18.2 Å². The Morgan fingerprint density at radius 2 is 2.00 bits per heavy atom. The number of carbonyl (C=O) groups excluding carboxylic acids is 2. The van der Waals surface area contributed by atoms with Crippen molar-refractivity contribution in [3.05, 3.63) is 72.6 Å². The number of nitrogens with zero attached hydrogens (tertiary/aromatic N) is 2. The van der Waals surface area contributed by atoms with Crippen LogP contribution < -0.4 is 5.32 Å². The van der Waals surface area contributed by atoms with Crippen LogP contribution in [0.2, 0.25) is 0 Å². The van der Waals surface area contributed by atoms with Crippen molar-refractivity contribution < 1.29 is 14.3 Å². The Labute approximate surface area is 156 Å². The van der Waals surface area contributed by atoms with Gasteiger partial charge in [-0.25, -0.2) is 0 Å². The van der Waals surface area contributed by atoms with Crippen LogP contribution in [-0.4, -0.2) is 39.9 Å². The number of amides is 2. The molecule has 1 aromatic carbocycles. The van der Waals surface area contributed by atoms with Crippen molar-refractivity contribution in [1.29, 1.82) is 0 Å². The van der Waals surface area contributed by atoms with E-state index in [0.29, 0.717) is 13.1 Å². The number of hydrogen-bond donors (Lipinski definition) is 1. The molecule has 1 N–H and O–H groups in total. The number of likely N-dealkylation sites (tertiary alicyclic amines) is 1. The highest BCUT2D eigenvalue weighted by atomic mass is 16.5. The third-order valence-corrected chi connectivity index (χ3v) is 5.65. The number of rotatable bonds is 4. The molecule has 27 heavy (non-hydrogen) atoms. The zero-order chi connectivity index (χ0) is 18.4. The Morgan fingerprint density at radius 3 is 2.78 bits per heavy atom. The number of para-hydroxylation sites is 1. The van der Waals surface area contributed by atoms with Crippen molar-refractivity contribution >= 4 is 17.5 Å². The molecule has 2 saturated heterocycles. The van der Waals surface area contributed by atoms with E-state index in [2.05, 4.69) is 10.3 Å². The Morgan fingerprint density at radius 1 is 1.22 bits per heavy atom. The number of aromatic nitrogens is 1. The van der Waals surface area contributed by atoms with Crippen LogP contribution >= 0.6 is 0 Å². The molecular formula is C21H19N3O3. The molecule has 0 aliphatic carbocycles. The number of benzene rings is 1. The Bertz CT molecular complexity index is 915. The molecular weight excluding hydrogens is 342 g/mol. The molecule has 3 aliphatic rings. The van der Waals surface area contributed by atoms with Crippen LogP contribution in [0.4, 0.5) is 5.69 Å². The highest BCUT2D eigenvalue weighted by Gasteiger charge is 2.66. The average Bonchev–Trinajstić information content (AvgIpc) is 3.32. The van der Waals surface area contributed by atoms with Crippen LogP contribution in [0.5, 0.6) is 0 Å². The van der Waals surface area contributed by atoms with E-state index in [1.807, 2.05) is 54.6 Å². The highest BCUT2D eigenvalue weighted by molar-refractivity contribution is 5.99. The number of anilines is 1. The van der Waals surface area contributed by atoms with Crippen molar-refractivity contribution in [2.75, 3.05) is 11.9 Å². The van der Waals surface area contributed by atoms with Gasteiger partial charge in [0.1, 0.15) is 5.60 Å². The summed E-state index contributed by atoms with van der Waals surface area (Å²) in [7, 11) is 0. The number of carbonyl (C=O) groups is 2. The molecule has 2 bridgehead atoms. The molecule has 2 fully saturated rings. The lowest BCUT2D eigenvalue weighted by molar-refractivity contribution is -0.136. The van der Waals surface area contributed by atoms with Crippen LogP contribution in [0.15, 0.2) is 67.0 Å². The van der Waals surface area contributed by atoms with Crippen molar-refractivity contribution in [3.8, 4) is 0 Å². The van der Waals surface area contributed by atoms with Crippen LogP contribution in [0.3, 0.4) is 0 Å². The second kappa shape index (κ2) is 6.03. The Hall–Kier alpha value is -2.99. The standard InChI is InChI=1S/C21H19N3O3/c25-19(23-15-4-2-1-3-5-15)17-16-6-9-21(27-16)13-24(20(26)18(17)21)12-14-7-10-22-11-8-14/h1-11,16-18H,12-13H2,(H,23,25)/t16-,17-,18+,21+/m0/s1. The molecule has 136 valence electrons. The van der Waals surface area contributed by atoms with E-state index in [9.17, 15) is 9.59 Å². The molecule has 1 spiro atoms. The normalized spacial score (nSPS) is 30.6. The topological polar surface area (TPSA) is 71.5 Å². The maximum atomic E-state index is 13.2. The van der Waals surface area contributed by atoms with Gasteiger partial charge in [-0.3, -0.25) is 14.6 Å². The van der Waals surface area contributed by atoms with Gasteiger partial charge < -0.3 is 15.0 Å². The molecule has 4 atom stereocenters. The number of ether oxygens (including phenoxy) is 1. The molecule has 6 nitrogen and oxygen atoms in total. The van der Waals surface area contributed by atoms with Gasteiger partial charge in [0.05, 0.1) is 24.5 Å². The quantitative estimate of drug-likeness (QED) is 0.846. The lowest BCUT2D eigenvalue weighted by atomic mass is 9.77. The van der Waals surface area contributed by atoms with E-state index < -0.39 is 17.4 Å². The third kappa shape index (κ3) is 2.56. The summed E-state index contributed by atoms with van der Waals surface area (Å²) in [6.07, 6.45) is 6.99. The van der Waals surface area contributed by atoms with E-state index in [1.165, 1.54) is 0 Å². The van der Waals surface area contributed by atoms with Gasteiger partial charge in [0.25, 0.3) is 0 Å². The van der Waals surface area contributed by atoms with Gasteiger partial charge in [0.15, 0.2) is 0 Å². The van der Waals surface area contributed by atoms with Gasteiger partial charge in [-0.1, -0.05) is 30.4 Å². The van der Waals surface area contributed by atoms with Gasteiger partial charge in [0, 0.05) is 24.6 Å². The first-order valence-corrected chi connectivity index (χ1v) is 9.07. The molecule has 3 aliphatic heterocycles. The third-order valence-electron chi connectivity index (χ3n) is 5.65. The predicted molar refractivity (Wildman–Crippen MR) is 98.4 cm³/mol. The minimum Gasteiger partial charge on any atom is -0.360 e. The van der Waals surface area contributed by atoms with Crippen LogP contribution in [-0.2, 0) is 20.9 Å². The number of hydrogen-bond acceptors (Lipinski definition) is 4. The molecule has 6 heteroatoms. The van der Waals surface area contributed by atoms with Crippen molar-refractivity contribution in [2.24, 2.45) is 11.8 Å². The fourth-order valence-electron chi connectivity index (χ4n) is 4.47. The predicted octanol–water partition coefficient (Wildman–Crippen LogP) is 2.00. The Balaban J connectivity index is 1.39. The Kier molecular flexibility index (Phi) is 3.62. The second-order valence-electron chi connectivity index (χ2n) is 7.31. The molecule has 0 radical (unpaired) electrons. The first-order chi connectivity index (χ1) is 13.2. The summed E-state index contributed by atoms with van der Waals surface area (Å²) < 4.78 is 6.15. The van der Waals surface area contributed by atoms with Crippen LogP contribution in [0.1, 0.15) is 5.56 Å². The van der Waals surface area contributed by atoms with Gasteiger partial charge in [-0.2, -0.15) is 0 Å². The fourth-order valence-corrected chi connectivity index (χ4v) is 4.47. The number of nitrogens with one attached hydrogen (secondary N) is 1. The molecule has 2 aromatic rings. The molecule has 2 amide bonds. The van der Waals surface area contributed by atoms with Crippen LogP contribution in [0.25, 0.3) is 0 Å². The maximum absolute atomic E-state index is 13.2. The maximum Gasteiger partial charge on any atom is 0.231 e. The van der Waals surface area contributed by atoms with E-state index in [1.54, 1.807) is 17.3 Å². The van der Waals surface area contributed by atoms with Crippen molar-refractivity contribution in [1.82, 2.24) is 9.88 Å². The minimum absolute atomic E-state index is 0.0214. The summed E-state index contributed by atoms with van der Waals surface area (Å²) >= 11 is 0. The number of pyridine rings is 1. The lowest BCUT2D eigenvalue weighted by Crippen LogP contribution is -2.41. The smallest absolute Gasteiger partial charge is 0.231 e. The van der Waals surface area contributed by atoms with E-state index in [0.717, 1.165) is 11.3 Å². The fraction of sp³-hybridized carbons (Fsp3) is 0.286. The summed E-state index contributed by atoms with van der Waals surface area (Å²) in [5, 5.41) is 2.93. The minimum atomic E-state index is -0.687. The molecule has 5 rings (SSSR count). The van der Waals surface area contributed by atoms with Gasteiger partial charge in [-0.05, 0) is 29.8 Å². The monoisotopic (exact) mass is 361 g/mol. The SMILES string of the molecule is O=C(Nc1ccccc1)[C@H]1[C@@H]2C=C[C@]3(CN(Cc4ccncc4)C(=O)[C@@H]13)O2. The van der Waals surface area contributed by atoms with Crippen molar-refractivity contribution in [3.63, 3.8) is 0 Å². The number of fused-ring (bicyclic) bond motifs is 1. The molecule has 0 saturated carbocycles. The van der Waals surface area contributed by atoms with Gasteiger partial charge in [-0.15, -0.1) is 0 Å². The first-order valence-electron chi connectivity index (χ1n) is 9.07. The van der Waals surface area contributed by atoms with Gasteiger partial charge >= 0.3 is 0 Å². The molecule has 4 heterocycles. The lowest BCUT2D eigenvalue weighted by Gasteiger charge is -2.23. The first kappa shape index (κ1) is 16.2. The zero-order valence-corrected chi connectivity index (χ0v) is 14.6. The zero-order valence-electron chi connectivity index (χ0n) is 14.6. The summed E-state index contributed by atoms with van der Waals surface area (Å²) in [4.78, 5) is 31.9. The summed E-state index contributed by atoms with van der Waals surface area (Å²) in [5.41, 5.74) is 1.05. The van der Waals surface area contributed by atoms with Crippen LogP contribution in [0, 0.1) is 11.8 Å². The van der Waals surface area contributed by atoms with E-state index in [4.69, 9.17) is 4.74 Å². The molecule has 0 unspecified atom stereocenters. The van der Waals surface area contributed by atoms with E-state index >= 15 is 0 Å².